The number of hydrogen-bond acceptors (Lipinski definition) is 4. The quantitative estimate of drug-likeness (QED) is 0.841. The molecule has 1 aromatic heterocycles. The summed E-state index contributed by atoms with van der Waals surface area (Å²) in [5.74, 6) is -5.47. The zero-order chi connectivity index (χ0) is 14.7. The van der Waals surface area contributed by atoms with Gasteiger partial charge in [-0.3, -0.25) is 0 Å². The van der Waals surface area contributed by atoms with Crippen molar-refractivity contribution < 1.29 is 23.1 Å². The Kier molecular flexibility index (Phi) is 3.83. The van der Waals surface area contributed by atoms with Gasteiger partial charge in [0.2, 0.25) is 0 Å². The molecule has 1 aromatic carbocycles. The van der Waals surface area contributed by atoms with Crippen LogP contribution in [0.15, 0.2) is 24.7 Å². The van der Waals surface area contributed by atoms with Gasteiger partial charge in [-0.25, -0.2) is 27.9 Å². The number of benzene rings is 1. The maximum Gasteiger partial charge on any atom is 0.339 e. The lowest BCUT2D eigenvalue weighted by Gasteiger charge is -2.08. The van der Waals surface area contributed by atoms with E-state index in [2.05, 4.69) is 15.3 Å². The molecule has 104 valence electrons. The summed E-state index contributed by atoms with van der Waals surface area (Å²) in [7, 11) is 0. The minimum Gasteiger partial charge on any atom is -0.478 e. The Morgan fingerprint density at radius 1 is 1.25 bits per heavy atom. The number of rotatable bonds is 4. The van der Waals surface area contributed by atoms with Gasteiger partial charge in [0.25, 0.3) is 0 Å². The third-order valence-electron chi connectivity index (χ3n) is 2.47. The van der Waals surface area contributed by atoms with Crippen LogP contribution in [0.2, 0.25) is 0 Å². The minimum absolute atomic E-state index is 0.0312. The van der Waals surface area contributed by atoms with Gasteiger partial charge in [0, 0.05) is 24.0 Å². The average Bonchev–Trinajstić information content (AvgIpc) is 2.42. The SMILES string of the molecule is O=C(O)c1cncnc1CNc1cc(F)c(F)c(F)c1. The van der Waals surface area contributed by atoms with E-state index in [0.29, 0.717) is 0 Å². The summed E-state index contributed by atoms with van der Waals surface area (Å²) in [4.78, 5) is 18.2. The van der Waals surface area contributed by atoms with Crippen molar-refractivity contribution in [1.82, 2.24) is 9.97 Å². The van der Waals surface area contributed by atoms with Crippen LogP contribution in [-0.4, -0.2) is 21.0 Å². The summed E-state index contributed by atoms with van der Waals surface area (Å²) in [6.07, 6.45) is 2.26. The number of halogens is 3. The van der Waals surface area contributed by atoms with Gasteiger partial charge in [-0.2, -0.15) is 0 Å². The maximum atomic E-state index is 13.0. The molecule has 0 unspecified atom stereocenters. The van der Waals surface area contributed by atoms with Gasteiger partial charge in [-0.15, -0.1) is 0 Å². The molecule has 0 bridgehead atoms. The lowest BCUT2D eigenvalue weighted by Crippen LogP contribution is -2.10. The summed E-state index contributed by atoms with van der Waals surface area (Å²) >= 11 is 0. The van der Waals surface area contributed by atoms with Crippen molar-refractivity contribution in [2.24, 2.45) is 0 Å². The molecule has 0 radical (unpaired) electrons. The molecular weight excluding hydrogens is 275 g/mol. The summed E-state index contributed by atoms with van der Waals surface area (Å²) < 4.78 is 38.8. The first-order chi connectivity index (χ1) is 9.49. The molecule has 2 N–H and O–H groups in total. The Hall–Kier alpha value is -2.64. The first-order valence-corrected chi connectivity index (χ1v) is 5.39. The topological polar surface area (TPSA) is 75.1 Å². The van der Waals surface area contributed by atoms with Crippen LogP contribution in [0.1, 0.15) is 16.1 Å². The van der Waals surface area contributed by atoms with Crippen molar-refractivity contribution in [3.05, 3.63) is 53.4 Å². The van der Waals surface area contributed by atoms with E-state index >= 15 is 0 Å². The Balaban J connectivity index is 2.19. The molecular formula is C12H8F3N3O2. The zero-order valence-corrected chi connectivity index (χ0v) is 9.90. The second-order valence-electron chi connectivity index (χ2n) is 3.80. The molecule has 0 saturated carbocycles. The molecule has 0 aliphatic rings. The molecule has 0 fully saturated rings. The fourth-order valence-electron chi connectivity index (χ4n) is 1.52. The van der Waals surface area contributed by atoms with Gasteiger partial charge in [-0.1, -0.05) is 0 Å². The normalized spacial score (nSPS) is 10.3. The second kappa shape index (κ2) is 5.55. The number of carbonyl (C=O) groups is 1. The molecule has 0 saturated heterocycles. The van der Waals surface area contributed by atoms with E-state index < -0.39 is 23.4 Å². The van der Waals surface area contributed by atoms with Crippen LogP contribution in [-0.2, 0) is 6.54 Å². The Morgan fingerprint density at radius 3 is 2.50 bits per heavy atom. The standard InChI is InChI=1S/C12H8F3N3O2/c13-8-1-6(2-9(14)11(8)15)17-4-10-7(12(19)20)3-16-5-18-10/h1-3,5,17H,4H2,(H,19,20). The number of aromatic nitrogens is 2. The van der Waals surface area contributed by atoms with E-state index in [0.717, 1.165) is 24.7 Å². The molecule has 0 atom stereocenters. The van der Waals surface area contributed by atoms with E-state index in [1.165, 1.54) is 0 Å². The average molecular weight is 283 g/mol. The van der Waals surface area contributed by atoms with Crippen molar-refractivity contribution >= 4 is 11.7 Å². The van der Waals surface area contributed by atoms with Crippen LogP contribution in [0.4, 0.5) is 18.9 Å². The van der Waals surface area contributed by atoms with Crippen LogP contribution in [0.3, 0.4) is 0 Å². The first kappa shape index (κ1) is 13.8. The molecule has 2 aromatic rings. The molecule has 0 aliphatic heterocycles. The highest BCUT2D eigenvalue weighted by Crippen LogP contribution is 2.18. The molecule has 5 nitrogen and oxygen atoms in total. The van der Waals surface area contributed by atoms with E-state index in [4.69, 9.17) is 5.11 Å². The number of carboxylic acid groups (broad SMARTS) is 1. The van der Waals surface area contributed by atoms with Gasteiger partial charge in [-0.05, 0) is 0 Å². The summed E-state index contributed by atoms with van der Waals surface area (Å²) in [6.45, 7) is -0.103. The van der Waals surface area contributed by atoms with E-state index in [-0.39, 0.29) is 23.5 Å². The van der Waals surface area contributed by atoms with Gasteiger partial charge in [0.05, 0.1) is 12.2 Å². The van der Waals surface area contributed by atoms with Crippen LogP contribution in [0.25, 0.3) is 0 Å². The Morgan fingerprint density at radius 2 is 1.90 bits per heavy atom. The van der Waals surface area contributed by atoms with Gasteiger partial charge in [0.1, 0.15) is 11.9 Å². The third-order valence-corrected chi connectivity index (χ3v) is 2.47. The van der Waals surface area contributed by atoms with Crippen LogP contribution in [0.5, 0.6) is 0 Å². The predicted octanol–water partition coefficient (Wildman–Crippen LogP) is 2.20. The van der Waals surface area contributed by atoms with E-state index in [1.807, 2.05) is 0 Å². The highest BCUT2D eigenvalue weighted by molar-refractivity contribution is 5.88. The molecule has 1 heterocycles. The molecule has 0 amide bonds. The van der Waals surface area contributed by atoms with Crippen molar-refractivity contribution in [3.8, 4) is 0 Å². The van der Waals surface area contributed by atoms with Crippen LogP contribution < -0.4 is 5.32 Å². The van der Waals surface area contributed by atoms with E-state index in [9.17, 15) is 18.0 Å². The van der Waals surface area contributed by atoms with Crippen LogP contribution in [0, 0.1) is 17.5 Å². The molecule has 8 heteroatoms. The minimum atomic E-state index is -1.57. The lowest BCUT2D eigenvalue weighted by atomic mass is 10.2. The second-order valence-corrected chi connectivity index (χ2v) is 3.80. The fraction of sp³-hybridized carbons (Fsp3) is 0.0833. The zero-order valence-electron chi connectivity index (χ0n) is 9.90. The molecule has 0 aliphatic carbocycles. The smallest absolute Gasteiger partial charge is 0.339 e. The first-order valence-electron chi connectivity index (χ1n) is 5.39. The third kappa shape index (κ3) is 2.85. The number of carboxylic acids is 1. The number of nitrogens with zero attached hydrogens (tertiary/aromatic N) is 2. The molecule has 20 heavy (non-hydrogen) atoms. The van der Waals surface area contributed by atoms with Gasteiger partial charge in [0.15, 0.2) is 17.5 Å². The summed E-state index contributed by atoms with van der Waals surface area (Å²) in [5, 5.41) is 11.5. The Bertz CT molecular complexity index is 641. The lowest BCUT2D eigenvalue weighted by molar-refractivity contribution is 0.0694. The van der Waals surface area contributed by atoms with Crippen molar-refractivity contribution in [2.75, 3.05) is 5.32 Å². The number of hydrogen-bond donors (Lipinski definition) is 2. The highest BCUT2D eigenvalue weighted by atomic mass is 19.2. The number of aromatic carboxylic acids is 1. The van der Waals surface area contributed by atoms with E-state index in [1.54, 1.807) is 0 Å². The Labute approximate surface area is 111 Å². The summed E-state index contributed by atoms with van der Waals surface area (Å²) in [6, 6.07) is 1.53. The summed E-state index contributed by atoms with van der Waals surface area (Å²) in [5.41, 5.74) is -0.0305. The predicted molar refractivity (Wildman–Crippen MR) is 62.6 cm³/mol. The van der Waals surface area contributed by atoms with Crippen molar-refractivity contribution in [1.29, 1.82) is 0 Å². The van der Waals surface area contributed by atoms with Crippen LogP contribution >= 0.6 is 0 Å². The monoisotopic (exact) mass is 283 g/mol. The number of anilines is 1. The highest BCUT2D eigenvalue weighted by Gasteiger charge is 2.13. The maximum absolute atomic E-state index is 13.0. The molecule has 2 rings (SSSR count). The largest absolute Gasteiger partial charge is 0.478 e. The molecule has 0 spiro atoms. The number of nitrogens with one attached hydrogen (secondary N) is 1. The van der Waals surface area contributed by atoms with Crippen molar-refractivity contribution in [2.45, 2.75) is 6.54 Å². The van der Waals surface area contributed by atoms with Gasteiger partial charge >= 0.3 is 5.97 Å². The van der Waals surface area contributed by atoms with Gasteiger partial charge < -0.3 is 10.4 Å². The fourth-order valence-corrected chi connectivity index (χ4v) is 1.52. The van der Waals surface area contributed by atoms with Crippen molar-refractivity contribution in [3.63, 3.8) is 0 Å².